The zero-order valence-corrected chi connectivity index (χ0v) is 13.4. The third kappa shape index (κ3) is 6.72. The highest BCUT2D eigenvalue weighted by atomic mass is 35.5. The number of benzene rings is 1. The number of hydrogen-bond donors (Lipinski definition) is 2. The zero-order valence-electron chi connectivity index (χ0n) is 12.6. The Morgan fingerprint density at radius 3 is 2.62 bits per heavy atom. The fourth-order valence-electron chi connectivity index (χ4n) is 1.77. The molecule has 0 bridgehead atoms. The van der Waals surface area contributed by atoms with Crippen LogP contribution in [0.1, 0.15) is 25.8 Å². The average Bonchev–Trinajstić information content (AvgIpc) is 2.48. The van der Waals surface area contributed by atoms with Crippen LogP contribution in [0.15, 0.2) is 18.2 Å². The molecule has 0 radical (unpaired) electrons. The Bertz CT molecular complexity index is 442. The SMILES string of the molecule is C#CCOc1ccc(CNC(CC)CO)cc1OCC.Cl. The lowest BCUT2D eigenvalue weighted by Gasteiger charge is -2.16. The molecule has 0 aliphatic carbocycles. The molecule has 0 aromatic heterocycles. The molecule has 0 spiro atoms. The molecule has 1 aromatic carbocycles. The van der Waals surface area contributed by atoms with E-state index in [1.165, 1.54) is 0 Å². The minimum Gasteiger partial charge on any atom is -0.490 e. The molecular weight excluding hydrogens is 290 g/mol. The second-order valence-electron chi connectivity index (χ2n) is 4.38. The Balaban J connectivity index is 0.00000400. The van der Waals surface area contributed by atoms with Crippen molar-refractivity contribution in [3.05, 3.63) is 23.8 Å². The summed E-state index contributed by atoms with van der Waals surface area (Å²) in [5, 5.41) is 12.4. The summed E-state index contributed by atoms with van der Waals surface area (Å²) < 4.78 is 11.0. The Morgan fingerprint density at radius 2 is 2.05 bits per heavy atom. The lowest BCUT2D eigenvalue weighted by atomic mass is 10.1. The van der Waals surface area contributed by atoms with Crippen LogP contribution in [0.5, 0.6) is 11.5 Å². The lowest BCUT2D eigenvalue weighted by molar-refractivity contribution is 0.238. The molecule has 0 aliphatic heterocycles. The molecule has 0 amide bonds. The molecule has 0 heterocycles. The van der Waals surface area contributed by atoms with Gasteiger partial charge in [-0.25, -0.2) is 0 Å². The van der Waals surface area contributed by atoms with Crippen molar-refractivity contribution in [3.8, 4) is 23.8 Å². The minimum absolute atomic E-state index is 0. The van der Waals surface area contributed by atoms with Crippen molar-refractivity contribution in [1.82, 2.24) is 5.32 Å². The predicted octanol–water partition coefficient (Wildman–Crippen LogP) is 2.38. The van der Waals surface area contributed by atoms with Crippen LogP contribution >= 0.6 is 12.4 Å². The van der Waals surface area contributed by atoms with Gasteiger partial charge in [-0.1, -0.05) is 18.9 Å². The van der Waals surface area contributed by atoms with E-state index in [1.807, 2.05) is 32.0 Å². The van der Waals surface area contributed by atoms with Crippen molar-refractivity contribution in [3.63, 3.8) is 0 Å². The molecule has 0 fully saturated rings. The summed E-state index contributed by atoms with van der Waals surface area (Å²) in [5.74, 6) is 3.79. The average molecular weight is 314 g/mol. The van der Waals surface area contributed by atoms with E-state index < -0.39 is 0 Å². The van der Waals surface area contributed by atoms with E-state index in [1.54, 1.807) is 0 Å². The third-order valence-electron chi connectivity index (χ3n) is 2.93. The number of rotatable bonds is 9. The maximum atomic E-state index is 9.16. The van der Waals surface area contributed by atoms with Crippen LogP contribution in [-0.2, 0) is 6.54 Å². The zero-order chi connectivity index (χ0) is 14.8. The van der Waals surface area contributed by atoms with Crippen molar-refractivity contribution in [2.45, 2.75) is 32.9 Å². The summed E-state index contributed by atoms with van der Waals surface area (Å²) in [6, 6.07) is 5.87. The predicted molar refractivity (Wildman–Crippen MR) is 87.2 cm³/mol. The van der Waals surface area contributed by atoms with Gasteiger partial charge in [0.1, 0.15) is 6.61 Å². The Morgan fingerprint density at radius 1 is 1.29 bits per heavy atom. The van der Waals surface area contributed by atoms with E-state index >= 15 is 0 Å². The number of nitrogens with one attached hydrogen (secondary N) is 1. The van der Waals surface area contributed by atoms with Crippen molar-refractivity contribution in [1.29, 1.82) is 0 Å². The third-order valence-corrected chi connectivity index (χ3v) is 2.93. The van der Waals surface area contributed by atoms with Gasteiger partial charge >= 0.3 is 0 Å². The van der Waals surface area contributed by atoms with E-state index in [9.17, 15) is 0 Å². The van der Waals surface area contributed by atoms with Gasteiger partial charge in [-0.2, -0.15) is 0 Å². The summed E-state index contributed by atoms with van der Waals surface area (Å²) in [5.41, 5.74) is 1.08. The number of halogens is 1. The molecule has 0 saturated carbocycles. The molecule has 1 aromatic rings. The van der Waals surface area contributed by atoms with Crippen molar-refractivity contribution >= 4 is 12.4 Å². The second-order valence-corrected chi connectivity index (χ2v) is 4.38. The second kappa shape index (κ2) is 11.3. The number of terminal acetylenes is 1. The van der Waals surface area contributed by atoms with Crippen LogP contribution in [0.4, 0.5) is 0 Å². The molecule has 21 heavy (non-hydrogen) atoms. The lowest BCUT2D eigenvalue weighted by Crippen LogP contribution is -2.31. The molecule has 1 rings (SSSR count). The first-order valence-corrected chi connectivity index (χ1v) is 6.91. The first kappa shape index (κ1) is 19.6. The number of aliphatic hydroxyl groups excluding tert-OH is 1. The van der Waals surface area contributed by atoms with Crippen LogP contribution in [0.25, 0.3) is 0 Å². The molecule has 4 nitrogen and oxygen atoms in total. The summed E-state index contributed by atoms with van der Waals surface area (Å²) >= 11 is 0. The fourth-order valence-corrected chi connectivity index (χ4v) is 1.77. The van der Waals surface area contributed by atoms with Gasteiger partial charge in [0.05, 0.1) is 13.2 Å². The van der Waals surface area contributed by atoms with Crippen molar-refractivity contribution < 1.29 is 14.6 Å². The molecule has 118 valence electrons. The van der Waals surface area contributed by atoms with Gasteiger partial charge < -0.3 is 19.9 Å². The molecule has 1 unspecified atom stereocenters. The van der Waals surface area contributed by atoms with Crippen LogP contribution < -0.4 is 14.8 Å². The Kier molecular flexibility index (Phi) is 10.5. The highest BCUT2D eigenvalue weighted by Crippen LogP contribution is 2.28. The van der Waals surface area contributed by atoms with Gasteiger partial charge in [0, 0.05) is 12.6 Å². The molecule has 0 saturated heterocycles. The highest BCUT2D eigenvalue weighted by Gasteiger charge is 2.08. The van der Waals surface area contributed by atoms with E-state index in [-0.39, 0.29) is 31.7 Å². The van der Waals surface area contributed by atoms with Crippen LogP contribution in [0, 0.1) is 12.3 Å². The summed E-state index contributed by atoms with van der Waals surface area (Å²) in [6.07, 6.45) is 6.08. The topological polar surface area (TPSA) is 50.7 Å². The van der Waals surface area contributed by atoms with Crippen LogP contribution in [0.3, 0.4) is 0 Å². The molecular formula is C16H24ClNO3. The fraction of sp³-hybridized carbons (Fsp3) is 0.500. The van der Waals surface area contributed by atoms with Gasteiger partial charge in [-0.15, -0.1) is 18.8 Å². The molecule has 0 aliphatic rings. The molecule has 5 heteroatoms. The number of aliphatic hydroxyl groups is 1. The van der Waals surface area contributed by atoms with Crippen LogP contribution in [0.2, 0.25) is 0 Å². The van der Waals surface area contributed by atoms with Gasteiger partial charge in [0.25, 0.3) is 0 Å². The first-order chi connectivity index (χ1) is 9.74. The smallest absolute Gasteiger partial charge is 0.162 e. The Labute approximate surface area is 133 Å². The van der Waals surface area contributed by atoms with E-state index in [0.717, 1.165) is 12.0 Å². The molecule has 2 N–H and O–H groups in total. The summed E-state index contributed by atoms with van der Waals surface area (Å²) in [7, 11) is 0. The molecule has 1 atom stereocenters. The minimum atomic E-state index is 0. The largest absolute Gasteiger partial charge is 0.490 e. The number of hydrogen-bond acceptors (Lipinski definition) is 4. The highest BCUT2D eigenvalue weighted by molar-refractivity contribution is 5.85. The summed E-state index contributed by atoms with van der Waals surface area (Å²) in [4.78, 5) is 0. The van der Waals surface area contributed by atoms with Gasteiger partial charge in [0.2, 0.25) is 0 Å². The quantitative estimate of drug-likeness (QED) is 0.687. The summed E-state index contributed by atoms with van der Waals surface area (Å²) in [6.45, 7) is 5.56. The Hall–Kier alpha value is -1.41. The van der Waals surface area contributed by atoms with E-state index in [4.69, 9.17) is 21.0 Å². The van der Waals surface area contributed by atoms with Gasteiger partial charge in [-0.3, -0.25) is 0 Å². The van der Waals surface area contributed by atoms with Gasteiger partial charge in [-0.05, 0) is 31.0 Å². The van der Waals surface area contributed by atoms with Crippen LogP contribution in [-0.4, -0.2) is 31.0 Å². The van der Waals surface area contributed by atoms with E-state index in [2.05, 4.69) is 11.2 Å². The monoisotopic (exact) mass is 313 g/mol. The maximum Gasteiger partial charge on any atom is 0.162 e. The number of ether oxygens (including phenoxy) is 2. The first-order valence-electron chi connectivity index (χ1n) is 6.91. The van der Waals surface area contributed by atoms with Crippen molar-refractivity contribution in [2.75, 3.05) is 19.8 Å². The normalized spacial score (nSPS) is 11.1. The van der Waals surface area contributed by atoms with E-state index in [0.29, 0.717) is 24.7 Å². The maximum absolute atomic E-state index is 9.16. The van der Waals surface area contributed by atoms with Crippen molar-refractivity contribution in [2.24, 2.45) is 0 Å². The standard InChI is InChI=1S/C16H23NO3.ClH/c1-4-9-20-15-8-7-13(10-16(15)19-6-3)11-17-14(5-2)12-18;/h1,7-8,10,14,17-18H,5-6,9,11-12H2,2-3H3;1H. The van der Waals surface area contributed by atoms with Gasteiger partial charge in [0.15, 0.2) is 11.5 Å².